The molecule has 9 heteroatoms. The van der Waals surface area contributed by atoms with Gasteiger partial charge in [0.15, 0.2) is 0 Å². The van der Waals surface area contributed by atoms with Crippen LogP contribution >= 0.6 is 0 Å². The molecule has 0 saturated carbocycles. The van der Waals surface area contributed by atoms with Crippen molar-refractivity contribution in [2.75, 3.05) is 0 Å². The van der Waals surface area contributed by atoms with E-state index in [0.29, 0.717) is 0 Å². The normalized spacial score (nSPS) is 5.33. The summed E-state index contributed by atoms with van der Waals surface area (Å²) in [6.45, 7) is 0. The zero-order valence-electron chi connectivity index (χ0n) is 4.13. The van der Waals surface area contributed by atoms with Gasteiger partial charge in [0.05, 0.1) is 0 Å². The van der Waals surface area contributed by atoms with Gasteiger partial charge in [-0.2, -0.15) is 0 Å². The van der Waals surface area contributed by atoms with Crippen LogP contribution in [0.3, 0.4) is 0 Å². The molecule has 0 aromatic heterocycles. The van der Waals surface area contributed by atoms with Gasteiger partial charge in [-0.15, -0.1) is 20.2 Å². The van der Waals surface area contributed by atoms with Gasteiger partial charge in [-0.05, 0) is 0 Å². The van der Waals surface area contributed by atoms with Gasteiger partial charge in [-0.1, -0.05) is 0 Å². The second-order valence-electron chi connectivity index (χ2n) is 0.476. The Morgan fingerprint density at radius 2 is 1.00 bits per heavy atom. The summed E-state index contributed by atoms with van der Waals surface area (Å²) in [5, 5.41) is 27.3. The van der Waals surface area contributed by atoms with Gasteiger partial charge in [0, 0.05) is 0 Å². The smallest absolute Gasteiger partial charge is 0.328 e. The molecule has 0 bridgehead atoms. The molecule has 8 nitrogen and oxygen atoms in total. The number of hydrogen-bond donors (Lipinski definition) is 2. The van der Waals surface area contributed by atoms with Gasteiger partial charge in [0.25, 0.3) is 10.2 Å². The molecule has 0 spiro atoms. The fraction of sp³-hybridized carbons (Fsp3) is 0. The van der Waals surface area contributed by atoms with E-state index < -0.39 is 10.2 Å². The van der Waals surface area contributed by atoms with Gasteiger partial charge in [-0.25, -0.2) is 0 Å². The van der Waals surface area contributed by atoms with Gasteiger partial charge < -0.3 is 10.4 Å². The summed E-state index contributed by atoms with van der Waals surface area (Å²) in [6.07, 6.45) is 0. The third-order valence-electron chi connectivity index (χ3n) is 0. The Balaban J connectivity index is -0.0000000720. The van der Waals surface area contributed by atoms with E-state index in [0.717, 1.165) is 0 Å². The zero-order valence-corrected chi connectivity index (χ0v) is 5.54. The van der Waals surface area contributed by atoms with Gasteiger partial charge in [0.1, 0.15) is 0 Å². The molecule has 0 unspecified atom stereocenters. The van der Waals surface area contributed by atoms with Gasteiger partial charge in [-0.3, -0.25) is 0 Å². The van der Waals surface area contributed by atoms with Crippen LogP contribution in [0.5, 0.6) is 0 Å². The van der Waals surface area contributed by atoms with Crippen molar-refractivity contribution in [3.63, 3.8) is 0 Å². The second kappa shape index (κ2) is 10.2. The van der Waals surface area contributed by atoms with E-state index in [1.165, 1.54) is 0 Å². The molecule has 0 heterocycles. The first-order chi connectivity index (χ1) is 3.46. The van der Waals surface area contributed by atoms with Crippen molar-refractivity contribution in [2.24, 2.45) is 0 Å². The monoisotopic (exact) mass is 150 g/mol. The van der Waals surface area contributed by atoms with Crippen LogP contribution in [0.25, 0.3) is 0 Å². The Morgan fingerprint density at radius 3 is 1.00 bits per heavy atom. The van der Waals surface area contributed by atoms with Crippen LogP contribution in [0.1, 0.15) is 0 Å². The van der Waals surface area contributed by atoms with Crippen LogP contribution in [-0.2, 0) is 0 Å². The van der Waals surface area contributed by atoms with E-state index in [-0.39, 0.29) is 23.1 Å². The molecule has 0 saturated heterocycles. The van der Waals surface area contributed by atoms with Crippen molar-refractivity contribution in [2.45, 2.75) is 0 Å². The topological polar surface area (TPSA) is 127 Å². The predicted molar refractivity (Wildman–Crippen MR) is 23.3 cm³/mol. The summed E-state index contributed by atoms with van der Waals surface area (Å²) >= 11 is 0. The van der Waals surface area contributed by atoms with Crippen molar-refractivity contribution in [1.82, 2.24) is 0 Å². The Morgan fingerprint density at radius 1 is 1.00 bits per heavy atom. The van der Waals surface area contributed by atoms with Gasteiger partial charge >= 0.3 is 23.1 Å². The van der Waals surface area contributed by atoms with Crippen molar-refractivity contribution in [1.29, 1.82) is 0 Å². The molecule has 0 atom stereocenters. The summed E-state index contributed by atoms with van der Waals surface area (Å²) in [6, 6.07) is 0. The van der Waals surface area contributed by atoms with E-state index in [1.807, 2.05) is 0 Å². The number of nitrogens with zero attached hydrogens (tertiary/aromatic N) is 2. The molecule has 9 heavy (non-hydrogen) atoms. The largest absolute Gasteiger partial charge is 2.00 e. The van der Waals surface area contributed by atoms with E-state index in [9.17, 15) is 0 Å². The third kappa shape index (κ3) is 275. The number of rotatable bonds is 0. The number of hydrogen-bond acceptors (Lipinski definition) is 4. The molecule has 0 amide bonds. The molecule has 0 aliphatic carbocycles. The molecule has 0 aliphatic heterocycles. The maximum atomic E-state index is 8.36. The summed E-state index contributed by atoms with van der Waals surface area (Å²) in [5.41, 5.74) is 0. The Kier molecular flexibility index (Phi) is 17.8. The zero-order chi connectivity index (χ0) is 7.15. The average Bonchev–Trinajstić information content (AvgIpc) is 1.25. The molecular formula is H2MgN2O6+2. The van der Waals surface area contributed by atoms with Crippen molar-refractivity contribution < 1.29 is 20.6 Å². The predicted octanol–water partition coefficient (Wildman–Crippen LogP) is -1.08. The molecule has 0 fully saturated rings. The van der Waals surface area contributed by atoms with Crippen LogP contribution in [0, 0.1) is 20.2 Å². The standard InChI is InChI=1S/Mg.2HNO3/c;2*2-1(3)4/h;2*(H,2,3,4)/q+2;;. The van der Waals surface area contributed by atoms with E-state index >= 15 is 0 Å². The maximum absolute atomic E-state index is 8.36. The first-order valence-electron chi connectivity index (χ1n) is 1.13. The Bertz CT molecular complexity index is 69.1. The van der Waals surface area contributed by atoms with Crippen molar-refractivity contribution in [3.05, 3.63) is 20.2 Å². The minimum absolute atomic E-state index is 0. The van der Waals surface area contributed by atoms with Crippen molar-refractivity contribution in [3.8, 4) is 0 Å². The Hall–Kier alpha value is -0.834. The molecule has 0 radical (unpaired) electrons. The SMILES string of the molecule is O=[N+]([O-])O.O=[N+]([O-])O.[Mg+2]. The van der Waals surface area contributed by atoms with Crippen LogP contribution in [0.15, 0.2) is 0 Å². The molecule has 0 aromatic rings. The summed E-state index contributed by atoms with van der Waals surface area (Å²) in [5.74, 6) is 0. The summed E-state index contributed by atoms with van der Waals surface area (Å²) in [7, 11) is 0. The first-order valence-corrected chi connectivity index (χ1v) is 1.13. The van der Waals surface area contributed by atoms with Gasteiger partial charge in [0.2, 0.25) is 0 Å². The molecule has 2 N–H and O–H groups in total. The summed E-state index contributed by atoms with van der Waals surface area (Å²) < 4.78 is 0. The van der Waals surface area contributed by atoms with Crippen LogP contribution in [0.2, 0.25) is 0 Å². The van der Waals surface area contributed by atoms with E-state index in [4.69, 9.17) is 30.6 Å². The van der Waals surface area contributed by atoms with Crippen LogP contribution in [0.4, 0.5) is 0 Å². The van der Waals surface area contributed by atoms with E-state index in [1.54, 1.807) is 0 Å². The molecule has 0 aliphatic rings. The first kappa shape index (κ1) is 15.7. The second-order valence-corrected chi connectivity index (χ2v) is 0.476. The summed E-state index contributed by atoms with van der Waals surface area (Å²) in [4.78, 5) is 16.7. The van der Waals surface area contributed by atoms with Crippen LogP contribution in [-0.4, -0.2) is 43.6 Å². The average molecular weight is 150 g/mol. The fourth-order valence-electron chi connectivity index (χ4n) is 0. The maximum Gasteiger partial charge on any atom is 2.00 e. The van der Waals surface area contributed by atoms with Crippen LogP contribution < -0.4 is 0 Å². The minimum Gasteiger partial charge on any atom is -0.328 e. The Labute approximate surface area is 64.5 Å². The fourth-order valence-corrected chi connectivity index (χ4v) is 0. The molecular weight excluding hydrogens is 148 g/mol. The quantitative estimate of drug-likeness (QED) is 0.257. The molecule has 48 valence electrons. The molecule has 0 rings (SSSR count). The van der Waals surface area contributed by atoms with Crippen molar-refractivity contribution >= 4 is 23.1 Å². The third-order valence-corrected chi connectivity index (χ3v) is 0. The minimum atomic E-state index is -1.50. The molecule has 0 aromatic carbocycles. The van der Waals surface area contributed by atoms with E-state index in [2.05, 4.69) is 0 Å².